The number of methoxy groups -OCH3 is 1. The first-order chi connectivity index (χ1) is 16.8. The molecule has 1 aliphatic rings. The highest BCUT2D eigenvalue weighted by Crippen LogP contribution is 2.32. The van der Waals surface area contributed by atoms with E-state index in [4.69, 9.17) is 14.2 Å². The molecule has 0 saturated heterocycles. The molecular weight excluding hydrogens is 464 g/mol. The van der Waals surface area contributed by atoms with Crippen molar-refractivity contribution < 1.29 is 19.0 Å². The molecule has 1 aromatic heterocycles. The van der Waals surface area contributed by atoms with Crippen molar-refractivity contribution in [2.75, 3.05) is 13.7 Å². The molecule has 35 heavy (non-hydrogen) atoms. The lowest BCUT2D eigenvalue weighted by Crippen LogP contribution is -2.40. The monoisotopic (exact) mass is 492 g/mol. The van der Waals surface area contributed by atoms with Gasteiger partial charge in [0.2, 0.25) is 0 Å². The topological polar surface area (TPSA) is 79.1 Å². The summed E-state index contributed by atoms with van der Waals surface area (Å²) in [6.45, 7) is 7.83. The van der Waals surface area contributed by atoms with E-state index in [0.717, 1.165) is 22.6 Å². The fraction of sp³-hybridized carbons (Fsp3) is 0.296. The van der Waals surface area contributed by atoms with Gasteiger partial charge in [-0.1, -0.05) is 35.6 Å². The maximum absolute atomic E-state index is 13.6. The number of benzene rings is 2. The van der Waals surface area contributed by atoms with E-state index in [1.807, 2.05) is 61.5 Å². The van der Waals surface area contributed by atoms with Gasteiger partial charge in [0, 0.05) is 0 Å². The van der Waals surface area contributed by atoms with Crippen LogP contribution in [0.25, 0.3) is 6.08 Å². The number of hydrogen-bond acceptors (Lipinski definition) is 7. The molecule has 0 amide bonds. The van der Waals surface area contributed by atoms with Crippen molar-refractivity contribution in [2.24, 2.45) is 4.99 Å². The molecule has 0 radical (unpaired) electrons. The van der Waals surface area contributed by atoms with Crippen LogP contribution in [0.1, 0.15) is 44.9 Å². The summed E-state index contributed by atoms with van der Waals surface area (Å²) >= 11 is 1.29. The van der Waals surface area contributed by atoms with Crippen molar-refractivity contribution in [3.8, 4) is 11.5 Å². The Bertz CT molecular complexity index is 1430. The number of aromatic nitrogens is 1. The van der Waals surface area contributed by atoms with Gasteiger partial charge in [-0.15, -0.1) is 0 Å². The molecule has 3 aromatic rings. The van der Waals surface area contributed by atoms with Crippen molar-refractivity contribution in [3.05, 3.63) is 90.6 Å². The van der Waals surface area contributed by atoms with E-state index < -0.39 is 12.0 Å². The van der Waals surface area contributed by atoms with Crippen LogP contribution in [-0.2, 0) is 9.53 Å². The molecule has 0 fully saturated rings. The Morgan fingerprint density at radius 3 is 2.37 bits per heavy atom. The van der Waals surface area contributed by atoms with Gasteiger partial charge in [-0.25, -0.2) is 9.79 Å². The molecule has 2 heterocycles. The molecule has 0 unspecified atom stereocenters. The fourth-order valence-corrected chi connectivity index (χ4v) is 4.99. The first kappa shape index (κ1) is 24.5. The van der Waals surface area contributed by atoms with Gasteiger partial charge in [-0.3, -0.25) is 9.36 Å². The first-order valence-corrected chi connectivity index (χ1v) is 12.2. The second-order valence-corrected chi connectivity index (χ2v) is 9.32. The molecule has 4 rings (SSSR count). The van der Waals surface area contributed by atoms with Crippen LogP contribution in [-0.4, -0.2) is 30.4 Å². The number of hydrogen-bond donors (Lipinski definition) is 0. The van der Waals surface area contributed by atoms with Crippen LogP contribution in [0.5, 0.6) is 11.5 Å². The molecule has 0 spiro atoms. The Morgan fingerprint density at radius 2 is 1.77 bits per heavy atom. The minimum atomic E-state index is -0.661. The smallest absolute Gasteiger partial charge is 0.338 e. The third kappa shape index (κ3) is 5.07. The fourth-order valence-electron chi connectivity index (χ4n) is 3.94. The summed E-state index contributed by atoms with van der Waals surface area (Å²) in [5, 5.41) is 0. The number of nitrogens with zero attached hydrogens (tertiary/aromatic N) is 2. The van der Waals surface area contributed by atoms with Crippen molar-refractivity contribution in [3.63, 3.8) is 0 Å². The second-order valence-electron chi connectivity index (χ2n) is 8.31. The van der Waals surface area contributed by atoms with Gasteiger partial charge in [0.1, 0.15) is 11.5 Å². The van der Waals surface area contributed by atoms with E-state index in [0.29, 0.717) is 27.2 Å². The molecule has 0 N–H and O–H groups in total. The number of fused-ring (bicyclic) bond motifs is 1. The van der Waals surface area contributed by atoms with Crippen LogP contribution in [0.4, 0.5) is 0 Å². The zero-order valence-electron chi connectivity index (χ0n) is 20.4. The molecule has 0 aliphatic carbocycles. The van der Waals surface area contributed by atoms with E-state index >= 15 is 0 Å². The highest BCUT2D eigenvalue weighted by Gasteiger charge is 2.33. The molecule has 182 valence electrons. The number of ether oxygens (including phenoxy) is 3. The third-order valence-electron chi connectivity index (χ3n) is 5.50. The van der Waals surface area contributed by atoms with E-state index in [1.165, 1.54) is 11.3 Å². The van der Waals surface area contributed by atoms with Gasteiger partial charge in [-0.05, 0) is 69.2 Å². The largest absolute Gasteiger partial charge is 0.497 e. The Kier molecular flexibility index (Phi) is 7.21. The summed E-state index contributed by atoms with van der Waals surface area (Å²) in [6, 6.07) is 14.2. The maximum Gasteiger partial charge on any atom is 0.338 e. The van der Waals surface area contributed by atoms with Crippen LogP contribution < -0.4 is 24.4 Å². The van der Waals surface area contributed by atoms with Gasteiger partial charge in [-0.2, -0.15) is 0 Å². The van der Waals surface area contributed by atoms with Gasteiger partial charge < -0.3 is 14.2 Å². The Hall–Kier alpha value is -3.65. The maximum atomic E-state index is 13.6. The van der Waals surface area contributed by atoms with Gasteiger partial charge in [0.05, 0.1) is 41.7 Å². The first-order valence-electron chi connectivity index (χ1n) is 11.4. The number of esters is 1. The average Bonchev–Trinajstić information content (AvgIpc) is 3.13. The van der Waals surface area contributed by atoms with Crippen LogP contribution in [0, 0.1) is 0 Å². The molecule has 8 heteroatoms. The molecular formula is C27H28N2O5S. The van der Waals surface area contributed by atoms with Crippen molar-refractivity contribution >= 4 is 23.4 Å². The molecule has 1 atom stereocenters. The quantitative estimate of drug-likeness (QED) is 0.471. The summed E-state index contributed by atoms with van der Waals surface area (Å²) in [7, 11) is 1.61. The normalized spacial score (nSPS) is 15.6. The summed E-state index contributed by atoms with van der Waals surface area (Å²) < 4.78 is 18.4. The average molecular weight is 493 g/mol. The SMILES string of the molecule is CCOc1ccc([C@@H]2C(C(=O)OC(C)C)=C(C)N=c3s/c(=C/c4ccc(OC)cc4)c(=O)n32)cc1. The number of rotatable bonds is 7. The predicted octanol–water partition coefficient (Wildman–Crippen LogP) is 3.59. The van der Waals surface area contributed by atoms with Crippen molar-refractivity contribution in [1.82, 2.24) is 4.57 Å². The lowest BCUT2D eigenvalue weighted by molar-refractivity contribution is -0.143. The van der Waals surface area contributed by atoms with Crippen molar-refractivity contribution in [1.29, 1.82) is 0 Å². The van der Waals surface area contributed by atoms with Crippen LogP contribution in [0.2, 0.25) is 0 Å². The highest BCUT2D eigenvalue weighted by molar-refractivity contribution is 7.07. The van der Waals surface area contributed by atoms with Crippen LogP contribution in [0.15, 0.2) is 69.6 Å². The number of carbonyl (C=O) groups is 1. The highest BCUT2D eigenvalue weighted by atomic mass is 32.1. The summed E-state index contributed by atoms with van der Waals surface area (Å²) in [6.07, 6.45) is 1.52. The van der Waals surface area contributed by atoms with Crippen molar-refractivity contribution in [2.45, 2.75) is 39.8 Å². The van der Waals surface area contributed by atoms with E-state index in [1.54, 1.807) is 32.4 Å². The zero-order chi connectivity index (χ0) is 25.1. The Balaban J connectivity index is 1.88. The van der Waals surface area contributed by atoms with Gasteiger partial charge in [0.15, 0.2) is 4.80 Å². The number of allylic oxidation sites excluding steroid dienone is 1. The minimum Gasteiger partial charge on any atom is -0.497 e. The summed E-state index contributed by atoms with van der Waals surface area (Å²) in [5.41, 5.74) is 2.31. The van der Waals surface area contributed by atoms with Gasteiger partial charge >= 0.3 is 5.97 Å². The number of thiazole rings is 1. The Morgan fingerprint density at radius 1 is 1.11 bits per heavy atom. The molecule has 2 aromatic carbocycles. The molecule has 1 aliphatic heterocycles. The number of carbonyl (C=O) groups excluding carboxylic acids is 1. The van der Waals surface area contributed by atoms with Crippen LogP contribution >= 0.6 is 11.3 Å². The zero-order valence-corrected chi connectivity index (χ0v) is 21.2. The lowest BCUT2D eigenvalue weighted by atomic mass is 9.96. The molecule has 7 nitrogen and oxygen atoms in total. The van der Waals surface area contributed by atoms with Gasteiger partial charge in [0.25, 0.3) is 5.56 Å². The second kappa shape index (κ2) is 10.3. The van der Waals surface area contributed by atoms with Crippen LogP contribution in [0.3, 0.4) is 0 Å². The molecule has 0 saturated carbocycles. The summed E-state index contributed by atoms with van der Waals surface area (Å²) in [5.74, 6) is 0.975. The third-order valence-corrected chi connectivity index (χ3v) is 6.49. The van der Waals surface area contributed by atoms with E-state index in [9.17, 15) is 9.59 Å². The molecule has 0 bridgehead atoms. The standard InChI is InChI=1S/C27H28N2O5S/c1-6-33-21-13-9-19(10-14-21)24-23(26(31)34-16(2)3)17(4)28-27-29(24)25(30)22(35-27)15-18-7-11-20(32-5)12-8-18/h7-16,24H,6H2,1-5H3/b22-15+/t24-/m1/s1. The minimum absolute atomic E-state index is 0.217. The lowest BCUT2D eigenvalue weighted by Gasteiger charge is -2.25. The van der Waals surface area contributed by atoms with E-state index in [2.05, 4.69) is 4.99 Å². The Labute approximate surface area is 207 Å². The predicted molar refractivity (Wildman–Crippen MR) is 136 cm³/mol. The summed E-state index contributed by atoms with van der Waals surface area (Å²) in [4.78, 5) is 32.0. The van der Waals surface area contributed by atoms with E-state index in [-0.39, 0.29) is 11.7 Å².